The number of rotatable bonds is 7. The SMILES string of the molecule is CSCCC(C)N(C)Cc1cc(F)cc(C(=N)N)c1. The van der Waals surface area contributed by atoms with Crippen molar-refractivity contribution in [2.75, 3.05) is 19.1 Å². The number of thioether (sulfide) groups is 1. The molecular weight excluding hydrogens is 261 g/mol. The van der Waals surface area contributed by atoms with Crippen LogP contribution in [0.2, 0.25) is 0 Å². The molecule has 1 aromatic carbocycles. The monoisotopic (exact) mass is 283 g/mol. The van der Waals surface area contributed by atoms with E-state index in [2.05, 4.69) is 18.1 Å². The van der Waals surface area contributed by atoms with Crippen LogP contribution in [-0.4, -0.2) is 35.8 Å². The highest BCUT2D eigenvalue weighted by molar-refractivity contribution is 7.98. The van der Waals surface area contributed by atoms with Crippen molar-refractivity contribution in [2.45, 2.75) is 25.9 Å². The van der Waals surface area contributed by atoms with Gasteiger partial charge in [-0.1, -0.05) is 0 Å². The van der Waals surface area contributed by atoms with E-state index < -0.39 is 0 Å². The van der Waals surface area contributed by atoms with Gasteiger partial charge in [0.05, 0.1) is 0 Å². The Labute approximate surface area is 118 Å². The molecule has 3 N–H and O–H groups in total. The first-order valence-corrected chi connectivity index (χ1v) is 7.66. The zero-order valence-corrected chi connectivity index (χ0v) is 12.6. The number of nitrogen functional groups attached to an aromatic ring is 1. The molecule has 0 amide bonds. The summed E-state index contributed by atoms with van der Waals surface area (Å²) in [6.07, 6.45) is 3.20. The summed E-state index contributed by atoms with van der Waals surface area (Å²) < 4.78 is 13.5. The molecule has 0 aromatic heterocycles. The molecule has 0 saturated heterocycles. The normalized spacial score (nSPS) is 12.7. The Kier molecular flexibility index (Phi) is 6.31. The van der Waals surface area contributed by atoms with Crippen LogP contribution in [0.3, 0.4) is 0 Å². The van der Waals surface area contributed by atoms with Crippen LogP contribution in [0.15, 0.2) is 18.2 Å². The van der Waals surface area contributed by atoms with Crippen LogP contribution < -0.4 is 5.73 Å². The molecule has 19 heavy (non-hydrogen) atoms. The summed E-state index contributed by atoms with van der Waals surface area (Å²) in [6, 6.07) is 5.02. The van der Waals surface area contributed by atoms with E-state index in [9.17, 15) is 4.39 Å². The second kappa shape index (κ2) is 7.50. The van der Waals surface area contributed by atoms with Crippen molar-refractivity contribution in [3.8, 4) is 0 Å². The van der Waals surface area contributed by atoms with Gasteiger partial charge in [0.25, 0.3) is 0 Å². The van der Waals surface area contributed by atoms with Gasteiger partial charge < -0.3 is 5.73 Å². The summed E-state index contributed by atoms with van der Waals surface area (Å²) in [5, 5.41) is 7.38. The average molecular weight is 283 g/mol. The van der Waals surface area contributed by atoms with Crippen LogP contribution in [0.25, 0.3) is 0 Å². The number of nitrogens with one attached hydrogen (secondary N) is 1. The molecule has 5 heteroatoms. The van der Waals surface area contributed by atoms with Gasteiger partial charge in [0, 0.05) is 18.2 Å². The number of nitrogens with zero attached hydrogens (tertiary/aromatic N) is 1. The molecular formula is C14H22FN3S. The van der Waals surface area contributed by atoms with Crippen molar-refractivity contribution in [3.63, 3.8) is 0 Å². The van der Waals surface area contributed by atoms with E-state index in [1.54, 1.807) is 6.07 Å². The van der Waals surface area contributed by atoms with Gasteiger partial charge in [0.2, 0.25) is 0 Å². The van der Waals surface area contributed by atoms with Crippen LogP contribution in [-0.2, 0) is 6.54 Å². The van der Waals surface area contributed by atoms with Gasteiger partial charge in [-0.2, -0.15) is 11.8 Å². The Hall–Kier alpha value is -1.07. The number of nitrogens with two attached hydrogens (primary N) is 1. The first-order chi connectivity index (χ1) is 8.93. The molecule has 0 spiro atoms. The molecule has 1 unspecified atom stereocenters. The lowest BCUT2D eigenvalue weighted by molar-refractivity contribution is 0.245. The molecule has 106 valence electrons. The lowest BCUT2D eigenvalue weighted by Gasteiger charge is -2.24. The maximum Gasteiger partial charge on any atom is 0.124 e. The van der Waals surface area contributed by atoms with Gasteiger partial charge >= 0.3 is 0 Å². The molecule has 3 nitrogen and oxygen atoms in total. The minimum Gasteiger partial charge on any atom is -0.384 e. The molecule has 0 bridgehead atoms. The van der Waals surface area contributed by atoms with Gasteiger partial charge in [-0.15, -0.1) is 0 Å². The zero-order chi connectivity index (χ0) is 14.4. The lowest BCUT2D eigenvalue weighted by atomic mass is 10.1. The van der Waals surface area contributed by atoms with E-state index in [0.29, 0.717) is 18.2 Å². The van der Waals surface area contributed by atoms with E-state index in [1.807, 2.05) is 18.8 Å². The fraction of sp³-hybridized carbons (Fsp3) is 0.500. The first-order valence-electron chi connectivity index (χ1n) is 6.27. The van der Waals surface area contributed by atoms with E-state index in [0.717, 1.165) is 17.7 Å². The number of benzene rings is 1. The minimum atomic E-state index is -0.340. The van der Waals surface area contributed by atoms with Gasteiger partial charge in [-0.3, -0.25) is 10.3 Å². The van der Waals surface area contributed by atoms with Crippen LogP contribution in [0, 0.1) is 11.2 Å². The van der Waals surface area contributed by atoms with Gasteiger partial charge in [0.15, 0.2) is 0 Å². The van der Waals surface area contributed by atoms with Crippen LogP contribution in [0.1, 0.15) is 24.5 Å². The summed E-state index contributed by atoms with van der Waals surface area (Å²) in [5.74, 6) is 0.680. The standard InChI is InChI=1S/C14H22FN3S/c1-10(4-5-19-3)18(2)9-11-6-12(14(16)17)8-13(15)7-11/h6-8,10H,4-5,9H2,1-3H3,(H3,16,17). The van der Waals surface area contributed by atoms with Crippen molar-refractivity contribution in [1.82, 2.24) is 4.90 Å². The zero-order valence-electron chi connectivity index (χ0n) is 11.7. The van der Waals surface area contributed by atoms with E-state index in [-0.39, 0.29) is 11.7 Å². The minimum absolute atomic E-state index is 0.0983. The Morgan fingerprint density at radius 3 is 2.74 bits per heavy atom. The summed E-state index contributed by atoms with van der Waals surface area (Å²) >= 11 is 1.83. The third-order valence-corrected chi connectivity index (χ3v) is 3.84. The summed E-state index contributed by atoms with van der Waals surface area (Å²) in [7, 11) is 2.03. The molecule has 0 aliphatic rings. The largest absolute Gasteiger partial charge is 0.384 e. The smallest absolute Gasteiger partial charge is 0.124 e. The summed E-state index contributed by atoms with van der Waals surface area (Å²) in [6.45, 7) is 2.83. The van der Waals surface area contributed by atoms with E-state index >= 15 is 0 Å². The second-order valence-corrected chi connectivity index (χ2v) is 5.79. The van der Waals surface area contributed by atoms with Crippen molar-refractivity contribution in [2.24, 2.45) is 5.73 Å². The molecule has 1 atom stereocenters. The topological polar surface area (TPSA) is 53.1 Å². The van der Waals surface area contributed by atoms with Gasteiger partial charge in [-0.25, -0.2) is 4.39 Å². The maximum absolute atomic E-state index is 13.5. The highest BCUT2D eigenvalue weighted by Gasteiger charge is 2.11. The molecule has 0 saturated carbocycles. The van der Waals surface area contributed by atoms with Crippen molar-refractivity contribution in [3.05, 3.63) is 35.1 Å². The van der Waals surface area contributed by atoms with Crippen LogP contribution in [0.4, 0.5) is 4.39 Å². The number of amidine groups is 1. The maximum atomic E-state index is 13.5. The third kappa shape index (κ3) is 5.20. The first kappa shape index (κ1) is 16.0. The Morgan fingerprint density at radius 2 is 2.16 bits per heavy atom. The van der Waals surface area contributed by atoms with Crippen LogP contribution in [0.5, 0.6) is 0 Å². The third-order valence-electron chi connectivity index (χ3n) is 3.19. The fourth-order valence-corrected chi connectivity index (χ4v) is 2.43. The lowest BCUT2D eigenvalue weighted by Crippen LogP contribution is -2.29. The van der Waals surface area contributed by atoms with Gasteiger partial charge in [-0.05, 0) is 56.2 Å². The molecule has 0 heterocycles. The fourth-order valence-electron chi connectivity index (χ4n) is 1.85. The summed E-state index contributed by atoms with van der Waals surface area (Å²) in [5.41, 5.74) is 6.70. The van der Waals surface area contributed by atoms with E-state index in [1.165, 1.54) is 12.1 Å². The molecule has 0 radical (unpaired) electrons. The molecule has 0 aliphatic carbocycles. The quantitative estimate of drug-likeness (QED) is 0.597. The number of hydrogen-bond donors (Lipinski definition) is 2. The van der Waals surface area contributed by atoms with E-state index in [4.69, 9.17) is 11.1 Å². The van der Waals surface area contributed by atoms with Crippen molar-refractivity contribution < 1.29 is 4.39 Å². The number of halogens is 1. The van der Waals surface area contributed by atoms with Crippen LogP contribution >= 0.6 is 11.8 Å². The van der Waals surface area contributed by atoms with Crippen molar-refractivity contribution >= 4 is 17.6 Å². The predicted molar refractivity (Wildman–Crippen MR) is 81.3 cm³/mol. The molecule has 0 fully saturated rings. The van der Waals surface area contributed by atoms with Gasteiger partial charge in [0.1, 0.15) is 11.7 Å². The second-order valence-electron chi connectivity index (χ2n) is 4.81. The molecule has 0 aliphatic heterocycles. The average Bonchev–Trinajstić information content (AvgIpc) is 2.34. The highest BCUT2D eigenvalue weighted by Crippen LogP contribution is 2.14. The molecule has 1 rings (SSSR count). The number of hydrogen-bond acceptors (Lipinski definition) is 3. The Morgan fingerprint density at radius 1 is 1.47 bits per heavy atom. The summed E-state index contributed by atoms with van der Waals surface area (Å²) in [4.78, 5) is 2.19. The Bertz CT molecular complexity index is 437. The highest BCUT2D eigenvalue weighted by atomic mass is 32.2. The predicted octanol–water partition coefficient (Wildman–Crippen LogP) is 2.68. The Balaban J connectivity index is 2.73. The van der Waals surface area contributed by atoms with Crippen molar-refractivity contribution in [1.29, 1.82) is 5.41 Å². The molecule has 1 aromatic rings.